The number of nitrogens with zero attached hydrogens (tertiary/aromatic N) is 3. The SMILES string of the molecule is CC(C)NC(=O)CCn1nnc(C(=O)O)c1CCNC(=O)OC(C)(C)C. The summed E-state index contributed by atoms with van der Waals surface area (Å²) in [5, 5.41) is 22.0. The largest absolute Gasteiger partial charge is 0.476 e. The van der Waals surface area contributed by atoms with Crippen molar-refractivity contribution in [2.24, 2.45) is 0 Å². The molecule has 0 bridgehead atoms. The van der Waals surface area contributed by atoms with E-state index in [1.807, 2.05) is 13.8 Å². The van der Waals surface area contributed by atoms with Gasteiger partial charge in [-0.2, -0.15) is 0 Å². The van der Waals surface area contributed by atoms with Crippen LogP contribution in [0, 0.1) is 0 Å². The van der Waals surface area contributed by atoms with Crippen molar-refractivity contribution in [3.8, 4) is 0 Å². The zero-order chi connectivity index (χ0) is 19.9. The van der Waals surface area contributed by atoms with E-state index in [4.69, 9.17) is 4.74 Å². The first kappa shape index (κ1) is 21.4. The number of hydrogen-bond donors (Lipinski definition) is 3. The Bertz CT molecular complexity index is 648. The number of alkyl carbamates (subject to hydrolysis) is 1. The Morgan fingerprint density at radius 1 is 1.27 bits per heavy atom. The van der Waals surface area contributed by atoms with Crippen LogP contribution < -0.4 is 10.6 Å². The first-order valence-corrected chi connectivity index (χ1v) is 8.41. The molecule has 10 nitrogen and oxygen atoms in total. The average molecular weight is 369 g/mol. The van der Waals surface area contributed by atoms with Crippen LogP contribution >= 0.6 is 0 Å². The maximum Gasteiger partial charge on any atom is 0.407 e. The minimum Gasteiger partial charge on any atom is -0.476 e. The second-order valence-corrected chi connectivity index (χ2v) is 7.06. The molecule has 2 amide bonds. The van der Waals surface area contributed by atoms with Gasteiger partial charge in [-0.05, 0) is 34.6 Å². The molecule has 1 rings (SSSR count). The van der Waals surface area contributed by atoms with Crippen LogP contribution in [0.2, 0.25) is 0 Å². The van der Waals surface area contributed by atoms with Crippen LogP contribution in [0.25, 0.3) is 0 Å². The molecule has 0 unspecified atom stereocenters. The predicted molar refractivity (Wildman–Crippen MR) is 92.8 cm³/mol. The molecule has 0 aliphatic heterocycles. The van der Waals surface area contributed by atoms with Crippen LogP contribution in [0.5, 0.6) is 0 Å². The summed E-state index contributed by atoms with van der Waals surface area (Å²) < 4.78 is 6.50. The first-order valence-electron chi connectivity index (χ1n) is 8.41. The lowest BCUT2D eigenvalue weighted by molar-refractivity contribution is -0.121. The van der Waals surface area contributed by atoms with Gasteiger partial charge in [-0.1, -0.05) is 5.21 Å². The van der Waals surface area contributed by atoms with Crippen molar-refractivity contribution in [1.29, 1.82) is 0 Å². The van der Waals surface area contributed by atoms with Crippen molar-refractivity contribution in [3.05, 3.63) is 11.4 Å². The number of carbonyl (C=O) groups excluding carboxylic acids is 2. The number of amides is 2. The lowest BCUT2D eigenvalue weighted by atomic mass is 10.2. The van der Waals surface area contributed by atoms with Crippen molar-refractivity contribution >= 4 is 18.0 Å². The Labute approximate surface area is 152 Å². The molecule has 0 aliphatic rings. The molecule has 0 fully saturated rings. The molecule has 146 valence electrons. The summed E-state index contributed by atoms with van der Waals surface area (Å²) in [4.78, 5) is 34.7. The van der Waals surface area contributed by atoms with Crippen LogP contribution in [0.3, 0.4) is 0 Å². The van der Waals surface area contributed by atoms with Crippen molar-refractivity contribution in [2.45, 2.75) is 65.6 Å². The Balaban J connectivity index is 2.70. The van der Waals surface area contributed by atoms with Gasteiger partial charge in [0.05, 0.1) is 12.2 Å². The van der Waals surface area contributed by atoms with E-state index in [0.717, 1.165) is 0 Å². The molecule has 1 aromatic rings. The van der Waals surface area contributed by atoms with Gasteiger partial charge in [0.15, 0.2) is 5.69 Å². The second kappa shape index (κ2) is 9.16. The molecule has 0 aromatic carbocycles. The highest BCUT2D eigenvalue weighted by atomic mass is 16.6. The quantitative estimate of drug-likeness (QED) is 0.621. The molecule has 0 saturated carbocycles. The van der Waals surface area contributed by atoms with Crippen LogP contribution in [-0.2, 0) is 22.5 Å². The number of aromatic carboxylic acids is 1. The van der Waals surface area contributed by atoms with Crippen molar-refractivity contribution in [1.82, 2.24) is 25.6 Å². The highest BCUT2D eigenvalue weighted by molar-refractivity contribution is 5.86. The van der Waals surface area contributed by atoms with E-state index in [1.54, 1.807) is 20.8 Å². The number of carbonyl (C=O) groups is 3. The zero-order valence-electron chi connectivity index (χ0n) is 15.8. The molecule has 0 saturated heterocycles. The number of carboxylic acids is 1. The highest BCUT2D eigenvalue weighted by Gasteiger charge is 2.20. The maximum absolute atomic E-state index is 11.8. The van der Waals surface area contributed by atoms with E-state index in [2.05, 4.69) is 20.9 Å². The van der Waals surface area contributed by atoms with Gasteiger partial charge in [0.1, 0.15) is 5.60 Å². The minimum atomic E-state index is -1.21. The zero-order valence-corrected chi connectivity index (χ0v) is 15.8. The number of nitrogens with one attached hydrogen (secondary N) is 2. The van der Waals surface area contributed by atoms with Crippen LogP contribution in [0.15, 0.2) is 0 Å². The van der Waals surface area contributed by atoms with E-state index in [0.29, 0.717) is 5.69 Å². The minimum absolute atomic E-state index is 0.0188. The fraction of sp³-hybridized carbons (Fsp3) is 0.688. The lowest BCUT2D eigenvalue weighted by Gasteiger charge is -2.19. The summed E-state index contributed by atoms with van der Waals surface area (Å²) in [5.74, 6) is -1.37. The molecular formula is C16H27N5O5. The topological polar surface area (TPSA) is 135 Å². The third-order valence-corrected chi connectivity index (χ3v) is 3.07. The van der Waals surface area contributed by atoms with Gasteiger partial charge in [0.25, 0.3) is 0 Å². The molecule has 1 heterocycles. The number of hydrogen-bond acceptors (Lipinski definition) is 6. The highest BCUT2D eigenvalue weighted by Crippen LogP contribution is 2.09. The Kier molecular flexibility index (Phi) is 7.54. The fourth-order valence-electron chi connectivity index (χ4n) is 2.12. The lowest BCUT2D eigenvalue weighted by Crippen LogP contribution is -2.34. The molecular weight excluding hydrogens is 342 g/mol. The van der Waals surface area contributed by atoms with Gasteiger partial charge >= 0.3 is 12.1 Å². The van der Waals surface area contributed by atoms with E-state index >= 15 is 0 Å². The molecule has 0 aliphatic carbocycles. The normalized spacial score (nSPS) is 11.3. The van der Waals surface area contributed by atoms with Crippen molar-refractivity contribution < 1.29 is 24.2 Å². The summed E-state index contributed by atoms with van der Waals surface area (Å²) in [7, 11) is 0. The number of carboxylic acid groups (broad SMARTS) is 1. The molecule has 26 heavy (non-hydrogen) atoms. The summed E-state index contributed by atoms with van der Waals surface area (Å²) >= 11 is 0. The summed E-state index contributed by atoms with van der Waals surface area (Å²) in [6, 6.07) is 0.0188. The third kappa shape index (κ3) is 7.49. The predicted octanol–water partition coefficient (Wildman–Crippen LogP) is 0.958. The van der Waals surface area contributed by atoms with Crippen LogP contribution in [0.4, 0.5) is 4.79 Å². The number of rotatable bonds is 8. The van der Waals surface area contributed by atoms with Crippen molar-refractivity contribution in [2.75, 3.05) is 6.54 Å². The fourth-order valence-corrected chi connectivity index (χ4v) is 2.12. The van der Waals surface area contributed by atoms with Crippen molar-refractivity contribution in [3.63, 3.8) is 0 Å². The molecule has 1 aromatic heterocycles. The summed E-state index contributed by atoms with van der Waals surface area (Å²) in [6.45, 7) is 9.29. The first-order chi connectivity index (χ1) is 12.0. The van der Waals surface area contributed by atoms with Gasteiger partial charge in [0.2, 0.25) is 5.91 Å². The van der Waals surface area contributed by atoms with E-state index < -0.39 is 17.7 Å². The second-order valence-electron chi connectivity index (χ2n) is 7.06. The van der Waals surface area contributed by atoms with Crippen LogP contribution in [0.1, 0.15) is 57.2 Å². The Morgan fingerprint density at radius 2 is 1.92 bits per heavy atom. The molecule has 10 heteroatoms. The summed E-state index contributed by atoms with van der Waals surface area (Å²) in [6.07, 6.45) is -0.253. The molecule has 0 radical (unpaired) electrons. The standard InChI is InChI=1S/C16H27N5O5/c1-10(2)18-12(22)7-9-21-11(13(14(23)24)19-20-21)6-8-17-15(25)26-16(3,4)5/h10H,6-9H2,1-5H3,(H,17,25)(H,18,22)(H,23,24). The monoisotopic (exact) mass is 369 g/mol. The van der Waals surface area contributed by atoms with E-state index in [9.17, 15) is 19.5 Å². The number of aromatic nitrogens is 3. The molecule has 3 N–H and O–H groups in total. The summed E-state index contributed by atoms with van der Waals surface area (Å²) in [5.41, 5.74) is -0.477. The Morgan fingerprint density at radius 3 is 2.46 bits per heavy atom. The molecule has 0 spiro atoms. The third-order valence-electron chi connectivity index (χ3n) is 3.07. The number of ether oxygens (including phenoxy) is 1. The van der Waals surface area contributed by atoms with Crippen LogP contribution in [-0.4, -0.2) is 56.3 Å². The number of aryl methyl sites for hydroxylation is 1. The van der Waals surface area contributed by atoms with E-state index in [1.165, 1.54) is 4.68 Å². The van der Waals surface area contributed by atoms with Gasteiger partial charge < -0.3 is 20.5 Å². The van der Waals surface area contributed by atoms with E-state index in [-0.39, 0.29) is 43.6 Å². The Hall–Kier alpha value is -2.65. The maximum atomic E-state index is 11.8. The smallest absolute Gasteiger partial charge is 0.407 e. The average Bonchev–Trinajstić information content (AvgIpc) is 2.85. The van der Waals surface area contributed by atoms with Gasteiger partial charge in [-0.25, -0.2) is 14.3 Å². The van der Waals surface area contributed by atoms with Gasteiger partial charge in [-0.15, -0.1) is 5.10 Å². The van der Waals surface area contributed by atoms with Gasteiger partial charge in [0, 0.05) is 25.4 Å². The molecule has 0 atom stereocenters. The van der Waals surface area contributed by atoms with Gasteiger partial charge in [-0.3, -0.25) is 4.79 Å².